The van der Waals surface area contributed by atoms with Crippen LogP contribution in [0.3, 0.4) is 0 Å². The van der Waals surface area contributed by atoms with E-state index in [-0.39, 0.29) is 23.6 Å². The van der Waals surface area contributed by atoms with Crippen molar-refractivity contribution < 1.29 is 24.4 Å². The van der Waals surface area contributed by atoms with E-state index in [0.717, 1.165) is 0 Å². The molecule has 9 nitrogen and oxygen atoms in total. The molecule has 1 fully saturated rings. The minimum Gasteiger partial charge on any atom is -0.507 e. The molecule has 1 aliphatic heterocycles. The van der Waals surface area contributed by atoms with Crippen LogP contribution in [0.25, 0.3) is 5.76 Å². The molecular formula is C26H31N3O6. The van der Waals surface area contributed by atoms with Gasteiger partial charge in [0.1, 0.15) is 11.5 Å². The summed E-state index contributed by atoms with van der Waals surface area (Å²) in [4.78, 5) is 40.2. The summed E-state index contributed by atoms with van der Waals surface area (Å²) in [7, 11) is 3.68. The second kappa shape index (κ2) is 10.7. The number of aliphatic hydroxyl groups is 1. The zero-order chi connectivity index (χ0) is 25.9. The maximum absolute atomic E-state index is 13.2. The number of carbonyl (C=O) groups excluding carboxylic acids is 2. The Morgan fingerprint density at radius 1 is 1.20 bits per heavy atom. The summed E-state index contributed by atoms with van der Waals surface area (Å²) in [5.74, 6) is -0.914. The molecule has 0 bridgehead atoms. The van der Waals surface area contributed by atoms with E-state index >= 15 is 0 Å². The lowest BCUT2D eigenvalue weighted by atomic mass is 9.93. The molecule has 186 valence electrons. The second-order valence-electron chi connectivity index (χ2n) is 9.33. The Balaban J connectivity index is 2.12. The molecule has 2 aromatic rings. The maximum atomic E-state index is 13.2. The van der Waals surface area contributed by atoms with Gasteiger partial charge in [0.05, 0.1) is 23.1 Å². The average molecular weight is 482 g/mol. The summed E-state index contributed by atoms with van der Waals surface area (Å²) >= 11 is 0. The van der Waals surface area contributed by atoms with Crippen molar-refractivity contribution in [2.45, 2.75) is 26.8 Å². The zero-order valence-electron chi connectivity index (χ0n) is 20.6. The first-order valence-corrected chi connectivity index (χ1v) is 11.4. The second-order valence-corrected chi connectivity index (χ2v) is 9.33. The normalized spacial score (nSPS) is 17.5. The standard InChI is InChI=1S/C26H31N3O6/c1-16(2)15-35-20-9-10-21(17(3)13-20)24(30)22-23(18-7-6-8-19(14-18)29(33)34)28(12-11-27(4)5)26(32)25(22)31/h6-10,13-14,16,23,30H,11-12,15H2,1-5H3/b24-22+/t23-/m0/s1. The van der Waals surface area contributed by atoms with Crippen LogP contribution in [-0.2, 0) is 9.59 Å². The Morgan fingerprint density at radius 2 is 1.91 bits per heavy atom. The number of nitrogens with zero attached hydrogens (tertiary/aromatic N) is 3. The molecule has 0 radical (unpaired) electrons. The van der Waals surface area contributed by atoms with Gasteiger partial charge in [0.25, 0.3) is 17.4 Å². The smallest absolute Gasteiger partial charge is 0.295 e. The number of nitro benzene ring substituents is 1. The first-order valence-electron chi connectivity index (χ1n) is 11.4. The fourth-order valence-corrected chi connectivity index (χ4v) is 3.97. The van der Waals surface area contributed by atoms with Crippen molar-refractivity contribution in [3.63, 3.8) is 0 Å². The van der Waals surface area contributed by atoms with Crippen molar-refractivity contribution in [3.8, 4) is 5.75 Å². The van der Waals surface area contributed by atoms with Gasteiger partial charge in [-0.2, -0.15) is 0 Å². The number of rotatable bonds is 9. The van der Waals surface area contributed by atoms with Gasteiger partial charge in [-0.3, -0.25) is 19.7 Å². The molecule has 1 saturated heterocycles. The summed E-state index contributed by atoms with van der Waals surface area (Å²) in [5.41, 5.74) is 1.19. The Bertz CT molecular complexity index is 1170. The predicted molar refractivity (Wildman–Crippen MR) is 132 cm³/mol. The fourth-order valence-electron chi connectivity index (χ4n) is 3.97. The van der Waals surface area contributed by atoms with E-state index in [2.05, 4.69) is 0 Å². The third-order valence-electron chi connectivity index (χ3n) is 5.76. The number of ether oxygens (including phenoxy) is 1. The summed E-state index contributed by atoms with van der Waals surface area (Å²) < 4.78 is 5.75. The van der Waals surface area contributed by atoms with Gasteiger partial charge in [-0.25, -0.2) is 0 Å². The number of aliphatic hydroxyl groups excluding tert-OH is 1. The van der Waals surface area contributed by atoms with E-state index in [4.69, 9.17) is 4.74 Å². The van der Waals surface area contributed by atoms with Gasteiger partial charge in [-0.1, -0.05) is 26.0 Å². The lowest BCUT2D eigenvalue weighted by Crippen LogP contribution is -2.35. The molecule has 1 N–H and O–H groups in total. The number of carbonyl (C=O) groups is 2. The fraction of sp³-hybridized carbons (Fsp3) is 0.385. The van der Waals surface area contributed by atoms with Crippen molar-refractivity contribution in [2.75, 3.05) is 33.8 Å². The lowest BCUT2D eigenvalue weighted by Gasteiger charge is -2.26. The number of hydrogen-bond donors (Lipinski definition) is 1. The van der Waals surface area contributed by atoms with Crippen molar-refractivity contribution in [1.82, 2.24) is 9.80 Å². The molecule has 0 spiro atoms. The molecule has 0 unspecified atom stereocenters. The highest BCUT2D eigenvalue weighted by molar-refractivity contribution is 6.46. The van der Waals surface area contributed by atoms with Crippen LogP contribution >= 0.6 is 0 Å². The van der Waals surface area contributed by atoms with E-state index in [1.165, 1.54) is 23.1 Å². The molecule has 35 heavy (non-hydrogen) atoms. The van der Waals surface area contributed by atoms with Gasteiger partial charge in [-0.05, 0) is 56.3 Å². The van der Waals surface area contributed by atoms with Crippen LogP contribution in [0, 0.1) is 23.0 Å². The summed E-state index contributed by atoms with van der Waals surface area (Å²) in [6.07, 6.45) is 0. The highest BCUT2D eigenvalue weighted by Gasteiger charge is 2.46. The van der Waals surface area contributed by atoms with Gasteiger partial charge >= 0.3 is 0 Å². The van der Waals surface area contributed by atoms with Gasteiger partial charge in [-0.15, -0.1) is 0 Å². The van der Waals surface area contributed by atoms with Crippen LogP contribution in [0.4, 0.5) is 5.69 Å². The van der Waals surface area contributed by atoms with Crippen molar-refractivity contribution >= 4 is 23.1 Å². The predicted octanol–water partition coefficient (Wildman–Crippen LogP) is 3.92. The van der Waals surface area contributed by atoms with Crippen LogP contribution in [0.2, 0.25) is 0 Å². The first-order chi connectivity index (χ1) is 16.5. The lowest BCUT2D eigenvalue weighted by molar-refractivity contribution is -0.384. The summed E-state index contributed by atoms with van der Waals surface area (Å²) in [6, 6.07) is 9.97. The molecule has 1 amide bonds. The van der Waals surface area contributed by atoms with Gasteiger partial charge < -0.3 is 19.6 Å². The van der Waals surface area contributed by atoms with Crippen LogP contribution in [0.1, 0.15) is 36.6 Å². The van der Waals surface area contributed by atoms with Gasteiger partial charge in [0, 0.05) is 30.8 Å². The quantitative estimate of drug-likeness (QED) is 0.190. The number of likely N-dealkylation sites (tertiary alicyclic amines) is 1. The first kappa shape index (κ1) is 25.9. The minimum atomic E-state index is -0.953. The van der Waals surface area contributed by atoms with E-state index in [1.54, 1.807) is 31.2 Å². The molecular weight excluding hydrogens is 450 g/mol. The Kier molecular flexibility index (Phi) is 7.91. The highest BCUT2D eigenvalue weighted by Crippen LogP contribution is 2.40. The number of likely N-dealkylation sites (N-methyl/N-ethyl adjacent to an activating group) is 1. The zero-order valence-corrected chi connectivity index (χ0v) is 20.6. The Hall–Kier alpha value is -3.72. The van der Waals surface area contributed by atoms with Crippen molar-refractivity contribution in [2.24, 2.45) is 5.92 Å². The van der Waals surface area contributed by atoms with E-state index in [0.29, 0.717) is 41.5 Å². The molecule has 0 aliphatic carbocycles. The molecule has 2 aromatic carbocycles. The number of non-ortho nitro benzene ring substituents is 1. The molecule has 1 heterocycles. The number of ketones is 1. The third-order valence-corrected chi connectivity index (χ3v) is 5.76. The minimum absolute atomic E-state index is 0.0896. The molecule has 3 rings (SSSR count). The van der Waals surface area contributed by atoms with Crippen molar-refractivity contribution in [3.05, 3.63) is 74.8 Å². The molecule has 1 atom stereocenters. The largest absolute Gasteiger partial charge is 0.507 e. The van der Waals surface area contributed by atoms with E-state index in [1.807, 2.05) is 32.8 Å². The van der Waals surface area contributed by atoms with E-state index < -0.39 is 22.7 Å². The van der Waals surface area contributed by atoms with E-state index in [9.17, 15) is 24.8 Å². The van der Waals surface area contributed by atoms with Gasteiger partial charge in [0.15, 0.2) is 0 Å². The Labute approximate surface area is 204 Å². The summed E-state index contributed by atoms with van der Waals surface area (Å²) in [6.45, 7) is 7.07. The molecule has 1 aliphatic rings. The van der Waals surface area contributed by atoms with Crippen molar-refractivity contribution in [1.29, 1.82) is 0 Å². The number of aryl methyl sites for hydroxylation is 1. The van der Waals surface area contributed by atoms with Crippen LogP contribution in [-0.4, -0.2) is 65.3 Å². The molecule has 9 heteroatoms. The topological polar surface area (TPSA) is 113 Å². The highest BCUT2D eigenvalue weighted by atomic mass is 16.6. The van der Waals surface area contributed by atoms with Crippen LogP contribution in [0.15, 0.2) is 48.0 Å². The van der Waals surface area contributed by atoms with Crippen LogP contribution < -0.4 is 4.74 Å². The summed E-state index contributed by atoms with van der Waals surface area (Å²) in [5, 5.41) is 22.7. The van der Waals surface area contributed by atoms with Crippen LogP contribution in [0.5, 0.6) is 5.75 Å². The number of nitro groups is 1. The Morgan fingerprint density at radius 3 is 2.51 bits per heavy atom. The van der Waals surface area contributed by atoms with Gasteiger partial charge in [0.2, 0.25) is 0 Å². The average Bonchev–Trinajstić information content (AvgIpc) is 3.06. The third kappa shape index (κ3) is 5.68. The number of amides is 1. The SMILES string of the molecule is Cc1cc(OCC(C)C)ccc1/C(O)=C1\C(=O)C(=O)N(CCN(C)C)[C@H]1c1cccc([N+](=O)[O-])c1. The number of Topliss-reactive ketones (excluding diaryl/α,β-unsaturated/α-hetero) is 1. The molecule has 0 saturated carbocycles. The monoisotopic (exact) mass is 481 g/mol. The molecule has 0 aromatic heterocycles. The number of hydrogen-bond acceptors (Lipinski definition) is 7. The number of benzene rings is 2. The maximum Gasteiger partial charge on any atom is 0.295 e.